The first-order valence-electron chi connectivity index (χ1n) is 9.37. The van der Waals surface area contributed by atoms with Gasteiger partial charge in [-0.15, -0.1) is 0 Å². The molecule has 2 heterocycles. The van der Waals surface area contributed by atoms with E-state index >= 15 is 0 Å². The molecule has 28 heavy (non-hydrogen) atoms. The fourth-order valence-corrected chi connectivity index (χ4v) is 3.10. The topological polar surface area (TPSA) is 86.4 Å². The van der Waals surface area contributed by atoms with Crippen LogP contribution in [0.25, 0.3) is 11.0 Å². The molecule has 2 aromatic heterocycles. The molecule has 0 atom stereocenters. The van der Waals surface area contributed by atoms with Crippen LogP contribution in [0.2, 0.25) is 0 Å². The van der Waals surface area contributed by atoms with Crippen molar-refractivity contribution >= 4 is 16.9 Å². The quantitative estimate of drug-likeness (QED) is 0.500. The lowest BCUT2D eigenvalue weighted by atomic mass is 10.1. The predicted molar refractivity (Wildman–Crippen MR) is 107 cm³/mol. The molecule has 7 nitrogen and oxygen atoms in total. The third-order valence-corrected chi connectivity index (χ3v) is 4.27. The van der Waals surface area contributed by atoms with Crippen LogP contribution in [-0.2, 0) is 6.54 Å². The van der Waals surface area contributed by atoms with Crippen molar-refractivity contribution < 1.29 is 13.9 Å². The number of amides is 1. The Morgan fingerprint density at radius 1 is 1.25 bits per heavy atom. The monoisotopic (exact) mass is 383 g/mol. The molecule has 3 aromatic rings. The van der Waals surface area contributed by atoms with E-state index in [1.807, 2.05) is 38.4 Å². The number of fused-ring (bicyclic) bond motifs is 1. The van der Waals surface area contributed by atoms with Gasteiger partial charge in [0.05, 0.1) is 17.4 Å². The highest BCUT2D eigenvalue weighted by Gasteiger charge is 2.14. The number of nitrogens with zero attached hydrogens (tertiary/aromatic N) is 2. The maximum Gasteiger partial charge on any atom is 0.337 e. The number of nitrogens with one attached hydrogen (secondary N) is 1. The molecule has 0 aliphatic rings. The Morgan fingerprint density at radius 2 is 2.04 bits per heavy atom. The van der Waals surface area contributed by atoms with Crippen molar-refractivity contribution in [3.8, 4) is 5.75 Å². The number of hydrogen-bond donors (Lipinski definition) is 1. The second-order valence-corrected chi connectivity index (χ2v) is 7.06. The molecule has 0 unspecified atom stereocenters. The molecule has 3 rings (SSSR count). The number of aromatic nitrogens is 2. The molecular weight excluding hydrogens is 358 g/mol. The highest BCUT2D eigenvalue weighted by Crippen LogP contribution is 2.23. The number of carbonyl (C=O) groups excluding carboxylic acids is 1. The molecule has 0 aliphatic carbocycles. The van der Waals surface area contributed by atoms with Crippen molar-refractivity contribution in [2.75, 3.05) is 6.54 Å². The Morgan fingerprint density at radius 3 is 2.71 bits per heavy atom. The van der Waals surface area contributed by atoms with Crippen molar-refractivity contribution in [3.63, 3.8) is 0 Å². The summed E-state index contributed by atoms with van der Waals surface area (Å²) in [5.41, 5.74) is 2.13. The first-order chi connectivity index (χ1) is 13.3. The average molecular weight is 383 g/mol. The molecule has 1 aromatic carbocycles. The molecular formula is C21H25N3O4. The van der Waals surface area contributed by atoms with Gasteiger partial charge in [0.25, 0.3) is 5.91 Å². The third-order valence-electron chi connectivity index (χ3n) is 4.27. The normalized spacial score (nSPS) is 11.2. The second-order valence-electron chi connectivity index (χ2n) is 7.06. The van der Waals surface area contributed by atoms with Crippen LogP contribution in [0.3, 0.4) is 0 Å². The van der Waals surface area contributed by atoms with Gasteiger partial charge >= 0.3 is 5.63 Å². The minimum atomic E-state index is -0.568. The minimum Gasteiger partial charge on any atom is -0.491 e. The number of hydrogen-bond acceptors (Lipinski definition) is 5. The van der Waals surface area contributed by atoms with E-state index in [9.17, 15) is 9.59 Å². The van der Waals surface area contributed by atoms with E-state index in [2.05, 4.69) is 10.4 Å². The minimum absolute atomic E-state index is 0.00198. The summed E-state index contributed by atoms with van der Waals surface area (Å²) in [6, 6.07) is 8.38. The standard InChI is InChI=1S/C21H25N3O4/c1-13(2)27-16-6-7-17-18(12-20(25)28-19(17)11-16)21(26)22-8-5-9-24-15(4)10-14(3)23-24/h6-7,10-13H,5,8-9H2,1-4H3,(H,22,26). The molecule has 7 heteroatoms. The van der Waals surface area contributed by atoms with Crippen LogP contribution in [-0.4, -0.2) is 28.3 Å². The van der Waals surface area contributed by atoms with E-state index in [4.69, 9.17) is 9.15 Å². The zero-order chi connectivity index (χ0) is 20.3. The van der Waals surface area contributed by atoms with Crippen molar-refractivity contribution in [1.29, 1.82) is 0 Å². The number of aryl methyl sites for hydroxylation is 3. The SMILES string of the molecule is Cc1cc(C)n(CCCNC(=O)c2cc(=O)oc3cc(OC(C)C)ccc23)n1. The van der Waals surface area contributed by atoms with Crippen LogP contribution >= 0.6 is 0 Å². The maximum absolute atomic E-state index is 12.6. The fourth-order valence-electron chi connectivity index (χ4n) is 3.10. The first kappa shape index (κ1) is 19.7. The number of benzene rings is 1. The second kappa shape index (κ2) is 8.29. The van der Waals surface area contributed by atoms with Crippen molar-refractivity contribution in [2.45, 2.75) is 46.8 Å². The lowest BCUT2D eigenvalue weighted by Gasteiger charge is -2.11. The molecule has 0 spiro atoms. The number of carbonyl (C=O) groups is 1. The Balaban J connectivity index is 1.70. The van der Waals surface area contributed by atoms with E-state index in [-0.39, 0.29) is 12.0 Å². The summed E-state index contributed by atoms with van der Waals surface area (Å²) in [7, 11) is 0. The van der Waals surface area contributed by atoms with Gasteiger partial charge in [0.2, 0.25) is 0 Å². The zero-order valence-electron chi connectivity index (χ0n) is 16.6. The average Bonchev–Trinajstić information content (AvgIpc) is 2.94. The summed E-state index contributed by atoms with van der Waals surface area (Å²) >= 11 is 0. The van der Waals surface area contributed by atoms with E-state index in [1.165, 1.54) is 6.07 Å². The Kier molecular flexibility index (Phi) is 5.82. The highest BCUT2D eigenvalue weighted by atomic mass is 16.5. The lowest BCUT2D eigenvalue weighted by molar-refractivity contribution is 0.0953. The summed E-state index contributed by atoms with van der Waals surface area (Å²) in [5, 5.41) is 7.85. The van der Waals surface area contributed by atoms with Crippen LogP contribution in [0.15, 0.2) is 39.5 Å². The van der Waals surface area contributed by atoms with Gasteiger partial charge in [0.1, 0.15) is 11.3 Å². The maximum atomic E-state index is 12.6. The van der Waals surface area contributed by atoms with Crippen molar-refractivity contribution in [2.24, 2.45) is 0 Å². The summed E-state index contributed by atoms with van der Waals surface area (Å²) in [6.07, 6.45) is 0.734. The van der Waals surface area contributed by atoms with Gasteiger partial charge in [-0.1, -0.05) is 0 Å². The molecule has 0 radical (unpaired) electrons. The Labute approximate surface area is 163 Å². The van der Waals surface area contributed by atoms with Gasteiger partial charge in [-0.2, -0.15) is 5.10 Å². The number of ether oxygens (including phenoxy) is 1. The van der Waals surface area contributed by atoms with Crippen LogP contribution in [0.5, 0.6) is 5.75 Å². The zero-order valence-corrected chi connectivity index (χ0v) is 16.6. The third kappa shape index (κ3) is 4.60. The van der Waals surface area contributed by atoms with E-state index in [0.29, 0.717) is 35.4 Å². The molecule has 1 N–H and O–H groups in total. The van der Waals surface area contributed by atoms with Crippen molar-refractivity contribution in [1.82, 2.24) is 15.1 Å². The molecule has 0 saturated carbocycles. The largest absolute Gasteiger partial charge is 0.491 e. The Bertz CT molecular complexity index is 1050. The van der Waals surface area contributed by atoms with E-state index < -0.39 is 5.63 Å². The van der Waals surface area contributed by atoms with Gasteiger partial charge < -0.3 is 14.5 Å². The molecule has 0 bridgehead atoms. The molecule has 1 amide bonds. The van der Waals surface area contributed by atoms with Gasteiger partial charge in [0.15, 0.2) is 0 Å². The molecule has 0 aliphatic heterocycles. The summed E-state index contributed by atoms with van der Waals surface area (Å²) in [4.78, 5) is 24.5. The Hall–Kier alpha value is -3.09. The van der Waals surface area contributed by atoms with Crippen LogP contribution in [0.1, 0.15) is 42.0 Å². The van der Waals surface area contributed by atoms with Gasteiger partial charge in [-0.3, -0.25) is 9.48 Å². The lowest BCUT2D eigenvalue weighted by Crippen LogP contribution is -2.26. The van der Waals surface area contributed by atoms with Gasteiger partial charge in [0, 0.05) is 36.3 Å². The van der Waals surface area contributed by atoms with Crippen LogP contribution in [0, 0.1) is 13.8 Å². The summed E-state index contributed by atoms with van der Waals surface area (Å²) in [5.74, 6) is 0.289. The van der Waals surface area contributed by atoms with Gasteiger partial charge in [-0.05, 0) is 52.3 Å². The van der Waals surface area contributed by atoms with Crippen LogP contribution < -0.4 is 15.7 Å². The summed E-state index contributed by atoms with van der Waals surface area (Å²) < 4.78 is 12.8. The van der Waals surface area contributed by atoms with Crippen LogP contribution in [0.4, 0.5) is 0 Å². The first-order valence-corrected chi connectivity index (χ1v) is 9.37. The molecule has 148 valence electrons. The summed E-state index contributed by atoms with van der Waals surface area (Å²) in [6.45, 7) is 8.98. The highest BCUT2D eigenvalue weighted by molar-refractivity contribution is 6.05. The fraction of sp³-hybridized carbons (Fsp3) is 0.381. The van der Waals surface area contributed by atoms with E-state index in [1.54, 1.807) is 18.2 Å². The number of rotatable bonds is 7. The van der Waals surface area contributed by atoms with Crippen molar-refractivity contribution in [3.05, 3.63) is 57.7 Å². The molecule has 0 fully saturated rings. The van der Waals surface area contributed by atoms with E-state index in [0.717, 1.165) is 17.8 Å². The predicted octanol–water partition coefficient (Wildman–Crippen LogP) is 3.21. The smallest absolute Gasteiger partial charge is 0.337 e. The van der Waals surface area contributed by atoms with Gasteiger partial charge in [-0.25, -0.2) is 4.79 Å². The molecule has 0 saturated heterocycles.